The number of aliphatic hydroxyl groups is 2. The van der Waals surface area contributed by atoms with Crippen molar-refractivity contribution in [3.8, 4) is 0 Å². The normalized spacial score (nSPS) is 12.4. The topological polar surface area (TPSA) is 95.9 Å². The standard InChI is InChI=1S/C74H147NO5/c1-3-5-7-9-11-13-15-17-19-21-22-23-24-26-29-32-35-38-42-46-50-54-58-62-66-72(77)71(70-76)75-73(78)67-63-59-55-51-47-43-39-36-33-30-27-25-28-31-34-37-41-45-49-53-57-61-65-69-80-74(79)68-64-60-56-52-48-44-40-20-18-16-14-12-10-8-6-4-2/h71-72,76-77H,3-70H2,1-2H3,(H,75,78). The van der Waals surface area contributed by atoms with Crippen molar-refractivity contribution in [1.82, 2.24) is 5.32 Å². The molecular formula is C74H147NO5. The molecule has 6 nitrogen and oxygen atoms in total. The summed E-state index contributed by atoms with van der Waals surface area (Å²) in [5.41, 5.74) is 0. The van der Waals surface area contributed by atoms with Gasteiger partial charge in [-0.1, -0.05) is 399 Å². The Morgan fingerprint density at radius 3 is 0.762 bits per heavy atom. The van der Waals surface area contributed by atoms with Crippen molar-refractivity contribution in [3.63, 3.8) is 0 Å². The highest BCUT2D eigenvalue weighted by molar-refractivity contribution is 5.76. The van der Waals surface area contributed by atoms with Crippen molar-refractivity contribution in [1.29, 1.82) is 0 Å². The SMILES string of the molecule is CCCCCCCCCCCCCCCCCCCCCCCCCCC(O)C(CO)NC(=O)CCCCCCCCCCCCCCCCCCCCCCCCCOC(=O)CCCCCCCCCCCCCCCCCC. The van der Waals surface area contributed by atoms with Gasteiger partial charge in [0.2, 0.25) is 5.91 Å². The number of unbranched alkanes of at least 4 members (excludes halogenated alkanes) is 60. The molecule has 0 rings (SSSR count). The second-order valence-electron chi connectivity index (χ2n) is 26.0. The zero-order chi connectivity index (χ0) is 57.8. The molecule has 0 aliphatic carbocycles. The van der Waals surface area contributed by atoms with Crippen molar-refractivity contribution >= 4 is 11.9 Å². The largest absolute Gasteiger partial charge is 0.466 e. The molecule has 0 saturated carbocycles. The van der Waals surface area contributed by atoms with Crippen LogP contribution in [-0.2, 0) is 14.3 Å². The third-order valence-corrected chi connectivity index (χ3v) is 17.9. The van der Waals surface area contributed by atoms with Gasteiger partial charge in [0.05, 0.1) is 25.4 Å². The second kappa shape index (κ2) is 70.3. The summed E-state index contributed by atoms with van der Waals surface area (Å²) >= 11 is 0. The lowest BCUT2D eigenvalue weighted by molar-refractivity contribution is -0.143. The first-order valence-corrected chi connectivity index (χ1v) is 37.3. The number of ether oxygens (including phenoxy) is 1. The lowest BCUT2D eigenvalue weighted by Crippen LogP contribution is -2.45. The highest BCUT2D eigenvalue weighted by Gasteiger charge is 2.20. The summed E-state index contributed by atoms with van der Waals surface area (Å²) < 4.78 is 5.51. The predicted octanol–water partition coefficient (Wildman–Crippen LogP) is 24.2. The summed E-state index contributed by atoms with van der Waals surface area (Å²) in [7, 11) is 0. The van der Waals surface area contributed by atoms with Gasteiger partial charge in [0.25, 0.3) is 0 Å². The maximum absolute atomic E-state index is 12.6. The minimum absolute atomic E-state index is 0.0197. The molecule has 0 heterocycles. The summed E-state index contributed by atoms with van der Waals surface area (Å²) in [5, 5.41) is 23.5. The summed E-state index contributed by atoms with van der Waals surface area (Å²) in [5.74, 6) is -0.00849. The van der Waals surface area contributed by atoms with E-state index in [1.165, 1.54) is 366 Å². The molecule has 0 spiro atoms. The summed E-state index contributed by atoms with van der Waals surface area (Å²) in [6.07, 6.45) is 85.9. The molecule has 0 aromatic rings. The molecule has 0 radical (unpaired) electrons. The minimum Gasteiger partial charge on any atom is -0.466 e. The van der Waals surface area contributed by atoms with E-state index in [0.29, 0.717) is 25.9 Å². The van der Waals surface area contributed by atoms with E-state index in [4.69, 9.17) is 4.74 Å². The molecule has 2 atom stereocenters. The van der Waals surface area contributed by atoms with Gasteiger partial charge in [-0.2, -0.15) is 0 Å². The molecule has 2 unspecified atom stereocenters. The Morgan fingerprint density at radius 1 is 0.300 bits per heavy atom. The smallest absolute Gasteiger partial charge is 0.305 e. The van der Waals surface area contributed by atoms with E-state index in [-0.39, 0.29) is 18.5 Å². The van der Waals surface area contributed by atoms with Gasteiger partial charge in [-0.05, 0) is 25.7 Å². The fraction of sp³-hybridized carbons (Fsp3) is 0.973. The Kier molecular flexibility index (Phi) is 69.3. The van der Waals surface area contributed by atoms with Gasteiger partial charge in [0, 0.05) is 12.8 Å². The molecule has 6 heteroatoms. The summed E-state index contributed by atoms with van der Waals surface area (Å²) in [4.78, 5) is 24.7. The van der Waals surface area contributed by atoms with Crippen molar-refractivity contribution in [2.45, 2.75) is 450 Å². The molecule has 0 fully saturated rings. The Morgan fingerprint density at radius 2 is 0.512 bits per heavy atom. The Hall–Kier alpha value is -1.14. The second-order valence-corrected chi connectivity index (χ2v) is 26.0. The molecule has 3 N–H and O–H groups in total. The highest BCUT2D eigenvalue weighted by atomic mass is 16.5. The van der Waals surface area contributed by atoms with E-state index < -0.39 is 12.1 Å². The van der Waals surface area contributed by atoms with Crippen LogP contribution < -0.4 is 5.32 Å². The van der Waals surface area contributed by atoms with Crippen LogP contribution in [0.25, 0.3) is 0 Å². The van der Waals surface area contributed by atoms with Gasteiger partial charge in [-0.15, -0.1) is 0 Å². The number of amides is 1. The van der Waals surface area contributed by atoms with Crippen molar-refractivity contribution in [2.75, 3.05) is 13.2 Å². The number of aliphatic hydroxyl groups excluding tert-OH is 2. The van der Waals surface area contributed by atoms with Gasteiger partial charge >= 0.3 is 5.97 Å². The average Bonchev–Trinajstić information content (AvgIpc) is 3.46. The molecule has 478 valence electrons. The fourth-order valence-electron chi connectivity index (χ4n) is 12.2. The fourth-order valence-corrected chi connectivity index (χ4v) is 12.2. The number of nitrogens with one attached hydrogen (secondary N) is 1. The maximum atomic E-state index is 12.6. The molecule has 1 amide bonds. The Labute approximate surface area is 502 Å². The first-order chi connectivity index (χ1) is 39.5. The third-order valence-electron chi connectivity index (χ3n) is 17.9. The van der Waals surface area contributed by atoms with Crippen LogP contribution >= 0.6 is 0 Å². The predicted molar refractivity (Wildman–Crippen MR) is 352 cm³/mol. The number of esters is 1. The number of carbonyl (C=O) groups is 2. The first kappa shape index (κ1) is 78.9. The minimum atomic E-state index is -0.664. The van der Waals surface area contributed by atoms with Gasteiger partial charge in [0.15, 0.2) is 0 Å². The summed E-state index contributed by atoms with van der Waals surface area (Å²) in [6.45, 7) is 5.01. The Balaban J connectivity index is 3.35. The molecule has 0 saturated heterocycles. The molecule has 80 heavy (non-hydrogen) atoms. The zero-order valence-corrected chi connectivity index (χ0v) is 54.9. The zero-order valence-electron chi connectivity index (χ0n) is 54.9. The highest BCUT2D eigenvalue weighted by Crippen LogP contribution is 2.20. The number of hydrogen-bond donors (Lipinski definition) is 3. The van der Waals surface area contributed by atoms with Crippen molar-refractivity contribution in [3.05, 3.63) is 0 Å². The average molecular weight is 1130 g/mol. The summed E-state index contributed by atoms with van der Waals surface area (Å²) in [6, 6.07) is -0.541. The molecule has 0 aliphatic rings. The van der Waals surface area contributed by atoms with E-state index in [2.05, 4.69) is 19.2 Å². The van der Waals surface area contributed by atoms with Crippen LogP contribution in [0.1, 0.15) is 438 Å². The van der Waals surface area contributed by atoms with Crippen LogP contribution in [0.4, 0.5) is 0 Å². The van der Waals surface area contributed by atoms with E-state index in [1.54, 1.807) is 0 Å². The van der Waals surface area contributed by atoms with E-state index in [1.807, 2.05) is 0 Å². The van der Waals surface area contributed by atoms with Crippen molar-refractivity contribution in [2.24, 2.45) is 0 Å². The molecule has 0 aliphatic heterocycles. The van der Waals surface area contributed by atoms with Crippen LogP contribution in [0, 0.1) is 0 Å². The number of hydrogen-bond acceptors (Lipinski definition) is 5. The number of rotatable bonds is 71. The molecule has 0 aromatic carbocycles. The Bertz CT molecular complexity index is 1160. The van der Waals surface area contributed by atoms with Gasteiger partial charge < -0.3 is 20.3 Å². The maximum Gasteiger partial charge on any atom is 0.305 e. The van der Waals surface area contributed by atoms with Gasteiger partial charge in [-0.3, -0.25) is 9.59 Å². The quantitative estimate of drug-likeness (QED) is 0.0417. The molecular weight excluding hydrogens is 983 g/mol. The monoisotopic (exact) mass is 1130 g/mol. The van der Waals surface area contributed by atoms with Crippen molar-refractivity contribution < 1.29 is 24.5 Å². The van der Waals surface area contributed by atoms with Gasteiger partial charge in [-0.25, -0.2) is 0 Å². The first-order valence-electron chi connectivity index (χ1n) is 37.3. The van der Waals surface area contributed by atoms with Gasteiger partial charge in [0.1, 0.15) is 0 Å². The number of carbonyl (C=O) groups excluding carboxylic acids is 2. The molecule has 0 bridgehead atoms. The van der Waals surface area contributed by atoms with Crippen LogP contribution in [0.3, 0.4) is 0 Å². The van der Waals surface area contributed by atoms with Crippen LogP contribution in [0.2, 0.25) is 0 Å². The van der Waals surface area contributed by atoms with Crippen LogP contribution in [-0.4, -0.2) is 47.4 Å². The van der Waals surface area contributed by atoms with E-state index in [0.717, 1.165) is 38.5 Å². The van der Waals surface area contributed by atoms with Crippen LogP contribution in [0.15, 0.2) is 0 Å². The molecule has 0 aromatic heterocycles. The third kappa shape index (κ3) is 66.0. The van der Waals surface area contributed by atoms with E-state index >= 15 is 0 Å². The van der Waals surface area contributed by atoms with E-state index in [9.17, 15) is 19.8 Å². The van der Waals surface area contributed by atoms with Crippen LogP contribution in [0.5, 0.6) is 0 Å². The lowest BCUT2D eigenvalue weighted by Gasteiger charge is -2.22. The lowest BCUT2D eigenvalue weighted by atomic mass is 10.0.